The zero-order valence-corrected chi connectivity index (χ0v) is 14.0. The van der Waals surface area contributed by atoms with Crippen LogP contribution in [0.5, 0.6) is 0 Å². The molecule has 0 aliphatic heterocycles. The van der Waals surface area contributed by atoms with Gasteiger partial charge in [0.1, 0.15) is 0 Å². The maximum atomic E-state index is 12.1. The van der Waals surface area contributed by atoms with Gasteiger partial charge in [0.05, 0.1) is 15.6 Å². The van der Waals surface area contributed by atoms with Crippen molar-refractivity contribution < 1.29 is 14.3 Å². The molecule has 0 aliphatic carbocycles. The zero-order valence-electron chi connectivity index (χ0n) is 12.5. The first-order valence-corrected chi connectivity index (χ1v) is 7.52. The molecule has 1 atom stereocenters. The van der Waals surface area contributed by atoms with Gasteiger partial charge in [0.25, 0.3) is 5.91 Å². The standard InChI is InChI=1S/C16H14Cl2N2O3/c1-9-3-5-11(6-4-9)16(22)23-10(2)15(21)20-14-13(18)7-12(17)8-19-14/h3-8,10H,1-2H3,(H,19,20,21). The predicted octanol–water partition coefficient (Wildman–Crippen LogP) is 3.88. The smallest absolute Gasteiger partial charge is 0.338 e. The molecule has 1 aromatic heterocycles. The van der Waals surface area contributed by atoms with E-state index in [0.717, 1.165) is 5.56 Å². The first-order valence-electron chi connectivity index (χ1n) is 6.76. The third-order valence-electron chi connectivity index (χ3n) is 2.99. The van der Waals surface area contributed by atoms with Crippen molar-refractivity contribution in [1.82, 2.24) is 4.98 Å². The van der Waals surface area contributed by atoms with E-state index >= 15 is 0 Å². The molecule has 0 saturated heterocycles. The molecule has 0 spiro atoms. The molecular weight excluding hydrogens is 339 g/mol. The minimum Gasteiger partial charge on any atom is -0.449 e. The van der Waals surface area contributed by atoms with Crippen molar-refractivity contribution in [2.24, 2.45) is 0 Å². The number of pyridine rings is 1. The number of hydrogen-bond acceptors (Lipinski definition) is 4. The summed E-state index contributed by atoms with van der Waals surface area (Å²) in [6.45, 7) is 3.37. The summed E-state index contributed by atoms with van der Waals surface area (Å²) in [7, 11) is 0. The van der Waals surface area contributed by atoms with E-state index in [1.807, 2.05) is 6.92 Å². The minimum absolute atomic E-state index is 0.152. The molecule has 1 heterocycles. The van der Waals surface area contributed by atoms with Crippen LogP contribution in [0.4, 0.5) is 5.82 Å². The molecule has 0 saturated carbocycles. The van der Waals surface area contributed by atoms with Crippen molar-refractivity contribution in [3.63, 3.8) is 0 Å². The largest absolute Gasteiger partial charge is 0.449 e. The highest BCUT2D eigenvalue weighted by Crippen LogP contribution is 2.22. The molecule has 7 heteroatoms. The van der Waals surface area contributed by atoms with Crippen molar-refractivity contribution in [2.45, 2.75) is 20.0 Å². The van der Waals surface area contributed by atoms with E-state index in [4.69, 9.17) is 27.9 Å². The molecular formula is C16H14Cl2N2O3. The molecule has 0 bridgehead atoms. The van der Waals surface area contributed by atoms with E-state index in [0.29, 0.717) is 10.6 Å². The number of carbonyl (C=O) groups is 2. The SMILES string of the molecule is Cc1ccc(C(=O)OC(C)C(=O)Nc2ncc(Cl)cc2Cl)cc1. The monoisotopic (exact) mass is 352 g/mol. The van der Waals surface area contributed by atoms with Gasteiger partial charge < -0.3 is 10.1 Å². The Morgan fingerprint density at radius 1 is 1.22 bits per heavy atom. The highest BCUT2D eigenvalue weighted by atomic mass is 35.5. The van der Waals surface area contributed by atoms with Crippen molar-refractivity contribution in [2.75, 3.05) is 5.32 Å². The van der Waals surface area contributed by atoms with E-state index in [1.54, 1.807) is 24.3 Å². The van der Waals surface area contributed by atoms with Gasteiger partial charge in [-0.3, -0.25) is 4.79 Å². The topological polar surface area (TPSA) is 68.3 Å². The summed E-state index contributed by atoms with van der Waals surface area (Å²) >= 11 is 11.7. The number of amides is 1. The van der Waals surface area contributed by atoms with E-state index in [9.17, 15) is 9.59 Å². The quantitative estimate of drug-likeness (QED) is 0.847. The Morgan fingerprint density at radius 2 is 1.87 bits per heavy atom. The molecule has 1 amide bonds. The van der Waals surface area contributed by atoms with Crippen LogP contribution in [0.15, 0.2) is 36.5 Å². The molecule has 0 radical (unpaired) electrons. The number of nitrogens with zero attached hydrogens (tertiary/aromatic N) is 1. The van der Waals surface area contributed by atoms with Gasteiger partial charge in [-0.25, -0.2) is 9.78 Å². The maximum Gasteiger partial charge on any atom is 0.338 e. The van der Waals surface area contributed by atoms with Crippen LogP contribution in [0, 0.1) is 6.92 Å². The summed E-state index contributed by atoms with van der Waals surface area (Å²) in [6, 6.07) is 8.31. The van der Waals surface area contributed by atoms with Crippen LogP contribution in [0.1, 0.15) is 22.8 Å². The van der Waals surface area contributed by atoms with Gasteiger partial charge in [0, 0.05) is 6.20 Å². The number of rotatable bonds is 4. The minimum atomic E-state index is -1.00. The third kappa shape index (κ3) is 4.68. The molecule has 0 fully saturated rings. The summed E-state index contributed by atoms with van der Waals surface area (Å²) < 4.78 is 5.13. The van der Waals surface area contributed by atoms with Gasteiger partial charge >= 0.3 is 5.97 Å². The number of hydrogen-bond donors (Lipinski definition) is 1. The number of esters is 1. The van der Waals surface area contributed by atoms with Gasteiger partial charge in [-0.15, -0.1) is 0 Å². The molecule has 0 aliphatic rings. The lowest BCUT2D eigenvalue weighted by Gasteiger charge is -2.14. The highest BCUT2D eigenvalue weighted by Gasteiger charge is 2.20. The fraction of sp³-hybridized carbons (Fsp3) is 0.188. The van der Waals surface area contributed by atoms with Gasteiger partial charge in [-0.1, -0.05) is 40.9 Å². The van der Waals surface area contributed by atoms with Gasteiger partial charge in [-0.05, 0) is 32.0 Å². The maximum absolute atomic E-state index is 12.1. The van der Waals surface area contributed by atoms with Crippen LogP contribution >= 0.6 is 23.2 Å². The number of carbonyl (C=O) groups excluding carboxylic acids is 2. The third-order valence-corrected chi connectivity index (χ3v) is 3.48. The van der Waals surface area contributed by atoms with Gasteiger partial charge in [0.2, 0.25) is 0 Å². The number of nitrogens with one attached hydrogen (secondary N) is 1. The van der Waals surface area contributed by atoms with E-state index < -0.39 is 18.0 Å². The summed E-state index contributed by atoms with van der Waals surface area (Å²) in [4.78, 5) is 27.9. The summed E-state index contributed by atoms with van der Waals surface area (Å²) in [5.74, 6) is -0.968. The number of anilines is 1. The van der Waals surface area contributed by atoms with Crippen molar-refractivity contribution >= 4 is 40.9 Å². The van der Waals surface area contributed by atoms with E-state index in [-0.39, 0.29) is 10.8 Å². The molecule has 5 nitrogen and oxygen atoms in total. The normalized spacial score (nSPS) is 11.7. The zero-order chi connectivity index (χ0) is 17.0. The lowest BCUT2D eigenvalue weighted by atomic mass is 10.1. The second-order valence-corrected chi connectivity index (χ2v) is 5.73. The highest BCUT2D eigenvalue weighted by molar-refractivity contribution is 6.36. The first kappa shape index (κ1) is 17.2. The average molecular weight is 353 g/mol. The molecule has 120 valence electrons. The van der Waals surface area contributed by atoms with Crippen molar-refractivity contribution in [1.29, 1.82) is 0 Å². The number of aryl methyl sites for hydroxylation is 1. The number of benzene rings is 1. The van der Waals surface area contributed by atoms with Crippen molar-refractivity contribution in [3.05, 3.63) is 57.7 Å². The second kappa shape index (κ2) is 7.44. The average Bonchev–Trinajstić information content (AvgIpc) is 2.50. The second-order valence-electron chi connectivity index (χ2n) is 4.89. The Morgan fingerprint density at radius 3 is 2.48 bits per heavy atom. The molecule has 1 aromatic carbocycles. The molecule has 23 heavy (non-hydrogen) atoms. The van der Waals surface area contributed by atoms with E-state index in [2.05, 4.69) is 10.3 Å². The fourth-order valence-corrected chi connectivity index (χ4v) is 2.12. The molecule has 1 N–H and O–H groups in total. The van der Waals surface area contributed by atoms with Crippen molar-refractivity contribution in [3.8, 4) is 0 Å². The molecule has 2 rings (SSSR count). The van der Waals surface area contributed by atoms with Gasteiger partial charge in [-0.2, -0.15) is 0 Å². The first-order chi connectivity index (χ1) is 10.9. The Balaban J connectivity index is 1.99. The fourth-order valence-electron chi connectivity index (χ4n) is 1.70. The van der Waals surface area contributed by atoms with Crippen LogP contribution < -0.4 is 5.32 Å². The van der Waals surface area contributed by atoms with Crippen LogP contribution in [0.3, 0.4) is 0 Å². The Bertz CT molecular complexity index is 733. The summed E-state index contributed by atoms with van der Waals surface area (Å²) in [6.07, 6.45) is 0.351. The Hall–Kier alpha value is -2.11. The number of aromatic nitrogens is 1. The molecule has 1 unspecified atom stereocenters. The lowest BCUT2D eigenvalue weighted by molar-refractivity contribution is -0.123. The van der Waals surface area contributed by atoms with E-state index in [1.165, 1.54) is 19.2 Å². The lowest BCUT2D eigenvalue weighted by Crippen LogP contribution is -2.30. The van der Waals surface area contributed by atoms with Crippen LogP contribution in [0.2, 0.25) is 10.0 Å². The van der Waals surface area contributed by atoms with Crippen LogP contribution in [-0.4, -0.2) is 23.0 Å². The summed E-state index contributed by atoms with van der Waals surface area (Å²) in [5.41, 5.74) is 1.40. The van der Waals surface area contributed by atoms with Gasteiger partial charge in [0.15, 0.2) is 11.9 Å². The van der Waals surface area contributed by atoms with Crippen LogP contribution in [0.25, 0.3) is 0 Å². The molecule has 2 aromatic rings. The van der Waals surface area contributed by atoms with Crippen LogP contribution in [-0.2, 0) is 9.53 Å². The number of halogens is 2. The Labute approximate surface area is 143 Å². The summed E-state index contributed by atoms with van der Waals surface area (Å²) in [5, 5.41) is 3.04. The predicted molar refractivity (Wildman–Crippen MR) is 88.9 cm³/mol. The number of ether oxygens (including phenoxy) is 1. The Kier molecular flexibility index (Phi) is 5.58.